The maximum atomic E-state index is 12.6. The van der Waals surface area contributed by atoms with Gasteiger partial charge >= 0.3 is 6.18 Å². The average molecular weight is 264 g/mol. The molecular formula is C14H11F3N2. The van der Waals surface area contributed by atoms with E-state index >= 15 is 0 Å². The van der Waals surface area contributed by atoms with E-state index in [9.17, 15) is 13.2 Å². The van der Waals surface area contributed by atoms with Crippen molar-refractivity contribution < 1.29 is 13.2 Å². The maximum Gasteiger partial charge on any atom is 0.416 e. The van der Waals surface area contributed by atoms with Crippen LogP contribution in [-0.4, -0.2) is 6.21 Å². The quantitative estimate of drug-likeness (QED) is 0.501. The summed E-state index contributed by atoms with van der Waals surface area (Å²) in [7, 11) is 0. The molecule has 2 rings (SSSR count). The fraction of sp³-hybridized carbons (Fsp3) is 0.0714. The van der Waals surface area contributed by atoms with Gasteiger partial charge in [0.2, 0.25) is 0 Å². The van der Waals surface area contributed by atoms with Gasteiger partial charge in [0.15, 0.2) is 0 Å². The van der Waals surface area contributed by atoms with E-state index < -0.39 is 11.7 Å². The van der Waals surface area contributed by atoms with Crippen LogP contribution in [0.15, 0.2) is 53.6 Å². The Kier molecular flexibility index (Phi) is 3.55. The lowest BCUT2D eigenvalue weighted by Crippen LogP contribution is -2.04. The van der Waals surface area contributed by atoms with E-state index in [1.165, 1.54) is 12.3 Å². The van der Waals surface area contributed by atoms with Crippen molar-refractivity contribution >= 4 is 6.21 Å². The van der Waals surface area contributed by atoms with E-state index in [0.717, 1.165) is 17.7 Å². The number of hydrogen-bond donors (Lipinski definition) is 1. The van der Waals surface area contributed by atoms with Crippen molar-refractivity contribution in [3.05, 3.63) is 59.7 Å². The Bertz CT molecular complexity index is 586. The Morgan fingerprint density at radius 1 is 0.947 bits per heavy atom. The van der Waals surface area contributed by atoms with Crippen LogP contribution < -0.4 is 5.84 Å². The van der Waals surface area contributed by atoms with Crippen molar-refractivity contribution in [3.8, 4) is 11.1 Å². The third-order valence-electron chi connectivity index (χ3n) is 2.66. The summed E-state index contributed by atoms with van der Waals surface area (Å²) >= 11 is 0. The van der Waals surface area contributed by atoms with Crippen molar-refractivity contribution in [1.29, 1.82) is 0 Å². The molecule has 0 aliphatic heterocycles. The van der Waals surface area contributed by atoms with E-state index in [1.807, 2.05) is 0 Å². The van der Waals surface area contributed by atoms with Crippen molar-refractivity contribution in [2.24, 2.45) is 10.9 Å². The molecular weight excluding hydrogens is 253 g/mol. The van der Waals surface area contributed by atoms with Gasteiger partial charge in [-0.1, -0.05) is 36.4 Å². The van der Waals surface area contributed by atoms with Gasteiger partial charge in [0.05, 0.1) is 11.8 Å². The van der Waals surface area contributed by atoms with Crippen LogP contribution in [0.5, 0.6) is 0 Å². The lowest BCUT2D eigenvalue weighted by Gasteiger charge is -2.09. The molecule has 0 saturated carbocycles. The maximum absolute atomic E-state index is 12.6. The summed E-state index contributed by atoms with van der Waals surface area (Å²) in [6.45, 7) is 0. The highest BCUT2D eigenvalue weighted by molar-refractivity contribution is 5.80. The second kappa shape index (κ2) is 5.14. The van der Waals surface area contributed by atoms with E-state index in [4.69, 9.17) is 5.84 Å². The van der Waals surface area contributed by atoms with Gasteiger partial charge in [-0.2, -0.15) is 18.3 Å². The van der Waals surface area contributed by atoms with Crippen LogP contribution in [0.2, 0.25) is 0 Å². The first-order valence-corrected chi connectivity index (χ1v) is 5.51. The monoisotopic (exact) mass is 264 g/mol. The van der Waals surface area contributed by atoms with Crippen molar-refractivity contribution in [2.75, 3.05) is 0 Å². The van der Waals surface area contributed by atoms with Gasteiger partial charge in [0.1, 0.15) is 0 Å². The van der Waals surface area contributed by atoms with Gasteiger partial charge in [-0.3, -0.25) is 0 Å². The normalized spacial score (nSPS) is 11.9. The van der Waals surface area contributed by atoms with Gasteiger partial charge in [-0.15, -0.1) is 0 Å². The third-order valence-corrected chi connectivity index (χ3v) is 2.66. The molecule has 0 heterocycles. The highest BCUT2D eigenvalue weighted by Gasteiger charge is 2.30. The van der Waals surface area contributed by atoms with E-state index in [-0.39, 0.29) is 0 Å². The number of rotatable bonds is 2. The molecule has 0 unspecified atom stereocenters. The molecule has 19 heavy (non-hydrogen) atoms. The Balaban J connectivity index is 2.36. The molecule has 2 nitrogen and oxygen atoms in total. The number of alkyl halides is 3. The summed E-state index contributed by atoms with van der Waals surface area (Å²) in [5, 5.41) is 3.38. The van der Waals surface area contributed by atoms with Gasteiger partial charge < -0.3 is 5.84 Å². The van der Waals surface area contributed by atoms with Crippen molar-refractivity contribution in [1.82, 2.24) is 0 Å². The van der Waals surface area contributed by atoms with Gasteiger partial charge in [-0.05, 0) is 28.8 Å². The first kappa shape index (κ1) is 13.1. The molecule has 0 saturated heterocycles. The van der Waals surface area contributed by atoms with E-state index in [1.54, 1.807) is 30.3 Å². The highest BCUT2D eigenvalue weighted by Crippen LogP contribution is 2.32. The average Bonchev–Trinajstić information content (AvgIpc) is 2.39. The standard InChI is InChI=1S/C14H11F3N2/c15-14(16,17)13-3-1-2-12(8-13)11-6-4-10(5-7-11)9-19-18/h1-9H,18H2. The van der Waals surface area contributed by atoms with Crippen LogP contribution in [-0.2, 0) is 6.18 Å². The molecule has 98 valence electrons. The first-order chi connectivity index (χ1) is 9.00. The minimum absolute atomic E-state index is 0.520. The second-order valence-corrected chi connectivity index (χ2v) is 3.98. The molecule has 0 aliphatic rings. The number of nitrogens with two attached hydrogens (primary N) is 1. The van der Waals surface area contributed by atoms with Gasteiger partial charge in [0.25, 0.3) is 0 Å². The second-order valence-electron chi connectivity index (χ2n) is 3.98. The molecule has 0 fully saturated rings. The fourth-order valence-corrected chi connectivity index (χ4v) is 1.72. The largest absolute Gasteiger partial charge is 0.416 e. The van der Waals surface area contributed by atoms with Crippen LogP contribution in [0.3, 0.4) is 0 Å². The SMILES string of the molecule is NN=Cc1ccc(-c2cccc(C(F)(F)F)c2)cc1. The van der Waals surface area contributed by atoms with Crippen LogP contribution >= 0.6 is 0 Å². The minimum atomic E-state index is -4.33. The topological polar surface area (TPSA) is 38.4 Å². The zero-order valence-corrected chi connectivity index (χ0v) is 9.85. The van der Waals surface area contributed by atoms with Gasteiger partial charge in [0, 0.05) is 0 Å². The molecule has 2 aromatic rings. The zero-order valence-electron chi connectivity index (χ0n) is 9.85. The van der Waals surface area contributed by atoms with Crippen LogP contribution in [0.4, 0.5) is 13.2 Å². The summed E-state index contributed by atoms with van der Waals surface area (Å²) < 4.78 is 37.9. The molecule has 0 atom stereocenters. The highest BCUT2D eigenvalue weighted by atomic mass is 19.4. The zero-order chi connectivity index (χ0) is 13.9. The number of halogens is 3. The first-order valence-electron chi connectivity index (χ1n) is 5.51. The summed E-state index contributed by atoms with van der Waals surface area (Å²) in [6, 6.07) is 12.2. The summed E-state index contributed by atoms with van der Waals surface area (Å²) in [5.74, 6) is 5.02. The number of benzene rings is 2. The minimum Gasteiger partial charge on any atom is -0.323 e. The molecule has 2 aromatic carbocycles. The molecule has 0 radical (unpaired) electrons. The number of hydrogen-bond acceptors (Lipinski definition) is 2. The molecule has 0 amide bonds. The van der Waals surface area contributed by atoms with Crippen LogP contribution in [0.25, 0.3) is 11.1 Å². The Morgan fingerprint density at radius 2 is 1.63 bits per heavy atom. The molecule has 0 aromatic heterocycles. The van der Waals surface area contributed by atoms with E-state index in [0.29, 0.717) is 11.1 Å². The summed E-state index contributed by atoms with van der Waals surface area (Å²) in [6.07, 6.45) is -2.86. The van der Waals surface area contributed by atoms with Crippen LogP contribution in [0.1, 0.15) is 11.1 Å². The lowest BCUT2D eigenvalue weighted by molar-refractivity contribution is -0.137. The lowest BCUT2D eigenvalue weighted by atomic mass is 10.0. The summed E-state index contributed by atoms with van der Waals surface area (Å²) in [5.41, 5.74) is 1.36. The predicted molar refractivity (Wildman–Crippen MR) is 68.7 cm³/mol. The third kappa shape index (κ3) is 3.13. The van der Waals surface area contributed by atoms with Gasteiger partial charge in [-0.25, -0.2) is 0 Å². The Morgan fingerprint density at radius 3 is 2.21 bits per heavy atom. The molecule has 0 bridgehead atoms. The Labute approximate surface area is 108 Å². The molecule has 0 aliphatic carbocycles. The number of nitrogens with zero attached hydrogens (tertiary/aromatic N) is 1. The Hall–Kier alpha value is -2.30. The molecule has 0 spiro atoms. The van der Waals surface area contributed by atoms with Crippen molar-refractivity contribution in [2.45, 2.75) is 6.18 Å². The smallest absolute Gasteiger partial charge is 0.323 e. The number of hydrazone groups is 1. The molecule has 5 heteroatoms. The van der Waals surface area contributed by atoms with Crippen molar-refractivity contribution in [3.63, 3.8) is 0 Å². The summed E-state index contributed by atoms with van der Waals surface area (Å²) in [4.78, 5) is 0. The molecule has 2 N–H and O–H groups in total. The van der Waals surface area contributed by atoms with Crippen LogP contribution in [0, 0.1) is 0 Å². The fourth-order valence-electron chi connectivity index (χ4n) is 1.72. The van der Waals surface area contributed by atoms with E-state index in [2.05, 4.69) is 5.10 Å². The predicted octanol–water partition coefficient (Wildman–Crippen LogP) is 3.67.